The van der Waals surface area contributed by atoms with Gasteiger partial charge in [0.2, 0.25) is 0 Å². The van der Waals surface area contributed by atoms with Gasteiger partial charge >= 0.3 is 6.09 Å². The third-order valence-electron chi connectivity index (χ3n) is 2.28. The van der Waals surface area contributed by atoms with E-state index in [4.69, 9.17) is 4.74 Å². The van der Waals surface area contributed by atoms with Crippen LogP contribution in [0, 0.1) is 0 Å². The fraction of sp³-hybridized carbons (Fsp3) is 0.750. The highest BCUT2D eigenvalue weighted by atomic mass is 16.6. The van der Waals surface area contributed by atoms with Crippen LogP contribution in [0.3, 0.4) is 0 Å². The maximum atomic E-state index is 11.8. The molecule has 0 unspecified atom stereocenters. The van der Waals surface area contributed by atoms with Gasteiger partial charge < -0.3 is 15.0 Å². The van der Waals surface area contributed by atoms with Crippen LogP contribution >= 0.6 is 0 Å². The number of ether oxygens (including phenoxy) is 1. The molecule has 4 heteroatoms. The molecule has 4 nitrogen and oxygen atoms in total. The number of hydrogen-bond donors (Lipinski definition) is 1. The number of likely N-dealkylation sites (N-methyl/N-ethyl adjacent to an activating group) is 1. The molecule has 0 saturated carbocycles. The van der Waals surface area contributed by atoms with E-state index >= 15 is 0 Å². The lowest BCUT2D eigenvalue weighted by Crippen LogP contribution is -2.41. The van der Waals surface area contributed by atoms with Gasteiger partial charge in [-0.15, -0.1) is 0 Å². The molecule has 0 spiro atoms. The normalized spacial score (nSPS) is 17.0. The van der Waals surface area contributed by atoms with Crippen LogP contribution in [-0.2, 0) is 4.74 Å². The molecule has 1 amide bonds. The topological polar surface area (TPSA) is 41.6 Å². The minimum atomic E-state index is -0.415. The predicted octanol–water partition coefficient (Wildman–Crippen LogP) is 1.77. The Balaban J connectivity index is 2.50. The van der Waals surface area contributed by atoms with E-state index < -0.39 is 5.60 Å². The summed E-state index contributed by atoms with van der Waals surface area (Å²) < 4.78 is 5.34. The summed E-state index contributed by atoms with van der Waals surface area (Å²) >= 11 is 0. The fourth-order valence-corrected chi connectivity index (χ4v) is 1.65. The zero-order chi connectivity index (χ0) is 12.2. The molecule has 1 aliphatic heterocycles. The molecule has 1 rings (SSSR count). The molecule has 92 valence electrons. The maximum absolute atomic E-state index is 11.8. The first kappa shape index (κ1) is 13.0. The van der Waals surface area contributed by atoms with Crippen LogP contribution in [-0.4, -0.2) is 43.3 Å². The van der Waals surface area contributed by atoms with Crippen LogP contribution in [0.15, 0.2) is 11.6 Å². The Kier molecular flexibility index (Phi) is 4.35. The van der Waals surface area contributed by atoms with E-state index in [0.717, 1.165) is 19.5 Å². The number of carbonyl (C=O) groups excluding carboxylic acids is 1. The number of nitrogens with zero attached hydrogens (tertiary/aromatic N) is 1. The standard InChI is InChI=1S/C12H22N2O2/c1-12(2,3)16-11(15)14-7-5-6-10(9-14)8-13-4/h6,13H,5,7-9H2,1-4H3. The van der Waals surface area contributed by atoms with Crippen molar-refractivity contribution in [3.8, 4) is 0 Å². The van der Waals surface area contributed by atoms with Crippen LogP contribution in [0.4, 0.5) is 4.79 Å². The summed E-state index contributed by atoms with van der Waals surface area (Å²) in [7, 11) is 1.91. The van der Waals surface area contributed by atoms with E-state index in [1.807, 2.05) is 27.8 Å². The van der Waals surface area contributed by atoms with E-state index in [9.17, 15) is 4.79 Å². The lowest BCUT2D eigenvalue weighted by molar-refractivity contribution is 0.0261. The highest BCUT2D eigenvalue weighted by Crippen LogP contribution is 2.14. The highest BCUT2D eigenvalue weighted by Gasteiger charge is 2.23. The second-order valence-corrected chi connectivity index (χ2v) is 5.08. The Hall–Kier alpha value is -1.03. The van der Waals surface area contributed by atoms with Crippen LogP contribution in [0.1, 0.15) is 27.2 Å². The van der Waals surface area contributed by atoms with Crippen molar-refractivity contribution in [1.29, 1.82) is 0 Å². The molecule has 1 N–H and O–H groups in total. The van der Waals surface area contributed by atoms with Gasteiger partial charge in [-0.25, -0.2) is 4.79 Å². The molecule has 0 radical (unpaired) electrons. The van der Waals surface area contributed by atoms with Crippen LogP contribution in [0.25, 0.3) is 0 Å². The molecule has 0 aromatic rings. The molecule has 0 fully saturated rings. The number of nitrogens with one attached hydrogen (secondary N) is 1. The number of amides is 1. The van der Waals surface area contributed by atoms with Crippen molar-refractivity contribution < 1.29 is 9.53 Å². The van der Waals surface area contributed by atoms with Gasteiger partial charge in [0, 0.05) is 19.6 Å². The second-order valence-electron chi connectivity index (χ2n) is 5.08. The molecular formula is C12H22N2O2. The fourth-order valence-electron chi connectivity index (χ4n) is 1.65. The molecule has 0 saturated heterocycles. The summed E-state index contributed by atoms with van der Waals surface area (Å²) in [5.74, 6) is 0. The monoisotopic (exact) mass is 226 g/mol. The van der Waals surface area contributed by atoms with Gasteiger partial charge in [0.05, 0.1) is 0 Å². The average molecular weight is 226 g/mol. The Morgan fingerprint density at radius 1 is 1.56 bits per heavy atom. The van der Waals surface area contributed by atoms with Gasteiger partial charge in [0.25, 0.3) is 0 Å². The zero-order valence-electron chi connectivity index (χ0n) is 10.7. The first-order valence-corrected chi connectivity index (χ1v) is 5.73. The van der Waals surface area contributed by atoms with E-state index in [1.165, 1.54) is 5.57 Å². The molecule has 0 bridgehead atoms. The van der Waals surface area contributed by atoms with Gasteiger partial charge in [0.15, 0.2) is 0 Å². The molecule has 16 heavy (non-hydrogen) atoms. The Morgan fingerprint density at radius 2 is 2.25 bits per heavy atom. The SMILES string of the molecule is CNCC1=CCCN(C(=O)OC(C)(C)C)C1. The van der Waals surface area contributed by atoms with Crippen molar-refractivity contribution >= 4 is 6.09 Å². The lowest BCUT2D eigenvalue weighted by atomic mass is 10.1. The third kappa shape index (κ3) is 4.23. The minimum absolute atomic E-state index is 0.214. The quantitative estimate of drug-likeness (QED) is 0.730. The smallest absolute Gasteiger partial charge is 0.410 e. The molecular weight excluding hydrogens is 204 g/mol. The van der Waals surface area contributed by atoms with Crippen molar-refractivity contribution in [2.45, 2.75) is 32.8 Å². The summed E-state index contributed by atoms with van der Waals surface area (Å²) in [5, 5.41) is 3.10. The van der Waals surface area contributed by atoms with Crippen LogP contribution in [0.5, 0.6) is 0 Å². The number of carbonyl (C=O) groups is 1. The predicted molar refractivity (Wildman–Crippen MR) is 64.4 cm³/mol. The first-order chi connectivity index (χ1) is 7.42. The number of rotatable bonds is 2. The van der Waals surface area contributed by atoms with E-state index in [2.05, 4.69) is 11.4 Å². The van der Waals surface area contributed by atoms with Crippen LogP contribution < -0.4 is 5.32 Å². The second kappa shape index (κ2) is 5.34. The average Bonchev–Trinajstić information content (AvgIpc) is 2.16. The molecule has 0 aromatic heterocycles. The third-order valence-corrected chi connectivity index (χ3v) is 2.28. The van der Waals surface area contributed by atoms with E-state index in [1.54, 1.807) is 4.90 Å². The maximum Gasteiger partial charge on any atom is 0.410 e. The van der Waals surface area contributed by atoms with E-state index in [-0.39, 0.29) is 6.09 Å². The summed E-state index contributed by atoms with van der Waals surface area (Å²) in [6.45, 7) is 7.93. The zero-order valence-corrected chi connectivity index (χ0v) is 10.7. The van der Waals surface area contributed by atoms with Crippen molar-refractivity contribution in [1.82, 2.24) is 10.2 Å². The summed E-state index contributed by atoms with van der Waals surface area (Å²) in [6, 6.07) is 0. The van der Waals surface area contributed by atoms with Crippen molar-refractivity contribution in [3.63, 3.8) is 0 Å². The van der Waals surface area contributed by atoms with Crippen molar-refractivity contribution in [2.75, 3.05) is 26.7 Å². The lowest BCUT2D eigenvalue weighted by Gasteiger charge is -2.30. The van der Waals surface area contributed by atoms with Gasteiger partial charge in [-0.2, -0.15) is 0 Å². The van der Waals surface area contributed by atoms with Crippen LogP contribution in [0.2, 0.25) is 0 Å². The van der Waals surface area contributed by atoms with Gasteiger partial charge in [0.1, 0.15) is 5.60 Å². The molecule has 0 atom stereocenters. The Morgan fingerprint density at radius 3 is 2.81 bits per heavy atom. The van der Waals surface area contributed by atoms with Gasteiger partial charge in [-0.3, -0.25) is 0 Å². The minimum Gasteiger partial charge on any atom is -0.444 e. The Bertz CT molecular complexity index is 279. The molecule has 0 aliphatic carbocycles. The highest BCUT2D eigenvalue weighted by molar-refractivity contribution is 5.68. The first-order valence-electron chi connectivity index (χ1n) is 5.73. The molecule has 1 heterocycles. The van der Waals surface area contributed by atoms with Gasteiger partial charge in [-0.1, -0.05) is 6.08 Å². The van der Waals surface area contributed by atoms with Gasteiger partial charge in [-0.05, 0) is 39.8 Å². The Labute approximate surface area is 97.6 Å². The molecule has 1 aliphatic rings. The van der Waals surface area contributed by atoms with Crippen molar-refractivity contribution in [2.24, 2.45) is 0 Å². The summed E-state index contributed by atoms with van der Waals surface area (Å²) in [5.41, 5.74) is 0.834. The number of hydrogen-bond acceptors (Lipinski definition) is 3. The van der Waals surface area contributed by atoms with Crippen molar-refractivity contribution in [3.05, 3.63) is 11.6 Å². The largest absolute Gasteiger partial charge is 0.444 e. The van der Waals surface area contributed by atoms with E-state index in [0.29, 0.717) is 6.54 Å². The summed E-state index contributed by atoms with van der Waals surface area (Å²) in [4.78, 5) is 13.6. The molecule has 0 aromatic carbocycles. The summed E-state index contributed by atoms with van der Waals surface area (Å²) in [6.07, 6.45) is 2.89.